The van der Waals surface area contributed by atoms with Gasteiger partial charge in [0.05, 0.1) is 4.88 Å². The molecule has 1 aromatic carbocycles. The quantitative estimate of drug-likeness (QED) is 0.358. The minimum Gasteiger partial charge on any atom is -0.143 e. The largest absolute Gasteiger partial charge is 0.143 e. The molecule has 0 N–H and O–H groups in total. The summed E-state index contributed by atoms with van der Waals surface area (Å²) in [5.74, 6) is 0. The Morgan fingerprint density at radius 2 is 1.48 bits per heavy atom. The van der Waals surface area contributed by atoms with Gasteiger partial charge in [-0.2, -0.15) is 0 Å². The van der Waals surface area contributed by atoms with Crippen molar-refractivity contribution in [2.45, 2.75) is 13.8 Å². The van der Waals surface area contributed by atoms with Gasteiger partial charge in [-0.15, -0.1) is 34.0 Å². The van der Waals surface area contributed by atoms with Crippen molar-refractivity contribution in [3.8, 4) is 31.3 Å². The Morgan fingerprint density at radius 1 is 0.739 bits per heavy atom. The van der Waals surface area contributed by atoms with Crippen molar-refractivity contribution < 1.29 is 0 Å². The van der Waals surface area contributed by atoms with E-state index in [9.17, 15) is 0 Å². The van der Waals surface area contributed by atoms with Gasteiger partial charge < -0.3 is 0 Å². The number of benzene rings is 1. The third-order valence-electron chi connectivity index (χ3n) is 4.00. The van der Waals surface area contributed by atoms with Crippen LogP contribution in [0.25, 0.3) is 31.3 Å². The van der Waals surface area contributed by atoms with Crippen molar-refractivity contribution >= 4 is 34.0 Å². The summed E-state index contributed by atoms with van der Waals surface area (Å²) in [7, 11) is 0. The molecule has 4 aromatic rings. The zero-order valence-corrected chi connectivity index (χ0v) is 15.4. The van der Waals surface area contributed by atoms with E-state index in [1.54, 1.807) is 0 Å². The lowest BCUT2D eigenvalue weighted by Crippen LogP contribution is -1.78. The summed E-state index contributed by atoms with van der Waals surface area (Å²) in [4.78, 5) is 5.54. The first-order chi connectivity index (χ1) is 11.2. The predicted molar refractivity (Wildman–Crippen MR) is 106 cm³/mol. The van der Waals surface area contributed by atoms with E-state index in [2.05, 4.69) is 73.1 Å². The topological polar surface area (TPSA) is 0 Å². The molecule has 0 bridgehead atoms. The third kappa shape index (κ3) is 2.69. The van der Waals surface area contributed by atoms with Crippen LogP contribution in [0.15, 0.2) is 59.3 Å². The molecule has 0 unspecified atom stereocenters. The van der Waals surface area contributed by atoms with E-state index >= 15 is 0 Å². The first-order valence-electron chi connectivity index (χ1n) is 7.52. The van der Waals surface area contributed by atoms with Gasteiger partial charge in [0, 0.05) is 20.2 Å². The van der Waals surface area contributed by atoms with Crippen molar-refractivity contribution in [3.05, 3.63) is 69.7 Å². The molecule has 0 fully saturated rings. The van der Waals surface area contributed by atoms with E-state index in [-0.39, 0.29) is 0 Å². The Kier molecular flexibility index (Phi) is 3.93. The first kappa shape index (κ1) is 14.9. The summed E-state index contributed by atoms with van der Waals surface area (Å²) in [6, 6.07) is 17.5. The summed E-state index contributed by atoms with van der Waals surface area (Å²) in [5, 5.41) is 4.40. The number of thiophene rings is 3. The number of aryl methyl sites for hydroxylation is 2. The standard InChI is InChI=1S/C20H16S3/c1-13-8-10-21-19(13)20-16(9-11-22-20)17-12-18(23-14(17)2)15-6-4-3-5-7-15/h3-12H,1-2H3. The van der Waals surface area contributed by atoms with Crippen LogP contribution < -0.4 is 0 Å². The Balaban J connectivity index is 1.83. The van der Waals surface area contributed by atoms with Gasteiger partial charge in [0.2, 0.25) is 0 Å². The third-order valence-corrected chi connectivity index (χ3v) is 7.19. The zero-order chi connectivity index (χ0) is 15.8. The second kappa shape index (κ2) is 6.08. The van der Waals surface area contributed by atoms with Crippen LogP contribution in [0.1, 0.15) is 10.4 Å². The van der Waals surface area contributed by atoms with E-state index in [4.69, 9.17) is 0 Å². The van der Waals surface area contributed by atoms with Crippen molar-refractivity contribution in [2.24, 2.45) is 0 Å². The molecule has 3 heteroatoms. The molecule has 0 aliphatic carbocycles. The highest BCUT2D eigenvalue weighted by Gasteiger charge is 2.16. The smallest absolute Gasteiger partial charge is 0.0524 e. The van der Waals surface area contributed by atoms with Crippen LogP contribution in [0.3, 0.4) is 0 Å². The van der Waals surface area contributed by atoms with E-state index in [1.807, 2.05) is 34.0 Å². The normalized spacial score (nSPS) is 11.0. The number of hydrogen-bond acceptors (Lipinski definition) is 3. The number of rotatable bonds is 3. The van der Waals surface area contributed by atoms with Gasteiger partial charge in [-0.25, -0.2) is 0 Å². The highest BCUT2D eigenvalue weighted by Crippen LogP contribution is 2.45. The monoisotopic (exact) mass is 352 g/mol. The Hall–Kier alpha value is -1.68. The second-order valence-electron chi connectivity index (χ2n) is 5.54. The van der Waals surface area contributed by atoms with Gasteiger partial charge in [-0.05, 0) is 59.5 Å². The van der Waals surface area contributed by atoms with Crippen LogP contribution >= 0.6 is 34.0 Å². The van der Waals surface area contributed by atoms with Crippen LogP contribution in [0.2, 0.25) is 0 Å². The Labute approximate surface area is 148 Å². The van der Waals surface area contributed by atoms with Crippen LogP contribution in [-0.2, 0) is 0 Å². The predicted octanol–water partition coefficient (Wildman–Crippen LogP) is 7.49. The van der Waals surface area contributed by atoms with Gasteiger partial charge in [0.25, 0.3) is 0 Å². The highest BCUT2D eigenvalue weighted by molar-refractivity contribution is 7.21. The van der Waals surface area contributed by atoms with Crippen molar-refractivity contribution in [1.29, 1.82) is 0 Å². The fourth-order valence-electron chi connectivity index (χ4n) is 2.80. The van der Waals surface area contributed by atoms with Crippen molar-refractivity contribution in [3.63, 3.8) is 0 Å². The van der Waals surface area contributed by atoms with E-state index < -0.39 is 0 Å². The molecule has 0 saturated heterocycles. The van der Waals surface area contributed by atoms with Crippen molar-refractivity contribution in [2.75, 3.05) is 0 Å². The molecule has 0 spiro atoms. The lowest BCUT2D eigenvalue weighted by atomic mass is 10.0. The van der Waals surface area contributed by atoms with Gasteiger partial charge >= 0.3 is 0 Å². The maximum absolute atomic E-state index is 2.35. The van der Waals surface area contributed by atoms with Gasteiger partial charge in [0.1, 0.15) is 0 Å². The molecule has 114 valence electrons. The molecule has 4 rings (SSSR count). The molecule has 0 atom stereocenters. The molecular formula is C20H16S3. The van der Waals surface area contributed by atoms with E-state index in [0.717, 1.165) is 0 Å². The van der Waals surface area contributed by atoms with Crippen LogP contribution in [0, 0.1) is 13.8 Å². The average Bonchev–Trinajstić information content (AvgIpc) is 3.27. The molecule has 23 heavy (non-hydrogen) atoms. The summed E-state index contributed by atoms with van der Waals surface area (Å²) in [6.07, 6.45) is 0. The maximum Gasteiger partial charge on any atom is 0.0524 e. The first-order valence-corrected chi connectivity index (χ1v) is 10.1. The molecule has 0 amide bonds. The molecule has 0 radical (unpaired) electrons. The molecule has 3 aromatic heterocycles. The highest BCUT2D eigenvalue weighted by atomic mass is 32.1. The molecule has 3 heterocycles. The minimum atomic E-state index is 1.30. The molecular weight excluding hydrogens is 336 g/mol. The maximum atomic E-state index is 2.35. The molecule has 0 aliphatic rings. The van der Waals surface area contributed by atoms with E-state index in [0.29, 0.717) is 0 Å². The Morgan fingerprint density at radius 3 is 2.22 bits per heavy atom. The van der Waals surface area contributed by atoms with Crippen LogP contribution in [0.4, 0.5) is 0 Å². The van der Waals surface area contributed by atoms with Crippen LogP contribution in [-0.4, -0.2) is 0 Å². The molecule has 0 saturated carbocycles. The summed E-state index contributed by atoms with van der Waals surface area (Å²) in [5.41, 5.74) is 5.42. The molecule has 0 aliphatic heterocycles. The average molecular weight is 353 g/mol. The fourth-order valence-corrected chi connectivity index (χ4v) is 5.92. The summed E-state index contributed by atoms with van der Waals surface area (Å²) >= 11 is 5.57. The lowest BCUT2D eigenvalue weighted by molar-refractivity contribution is 1.55. The molecule has 0 nitrogen and oxygen atoms in total. The van der Waals surface area contributed by atoms with E-state index in [1.165, 1.54) is 41.8 Å². The summed E-state index contributed by atoms with van der Waals surface area (Å²) < 4.78 is 0. The minimum absolute atomic E-state index is 1.30. The van der Waals surface area contributed by atoms with Gasteiger partial charge in [0.15, 0.2) is 0 Å². The van der Waals surface area contributed by atoms with Crippen molar-refractivity contribution in [1.82, 2.24) is 0 Å². The van der Waals surface area contributed by atoms with Gasteiger partial charge in [-0.3, -0.25) is 0 Å². The van der Waals surface area contributed by atoms with Gasteiger partial charge in [-0.1, -0.05) is 30.3 Å². The second-order valence-corrected chi connectivity index (χ2v) is 8.63. The Bertz CT molecular complexity index is 938. The number of hydrogen-bond donors (Lipinski definition) is 0. The summed E-state index contributed by atoms with van der Waals surface area (Å²) in [6.45, 7) is 4.43. The lowest BCUT2D eigenvalue weighted by Gasteiger charge is -2.03. The van der Waals surface area contributed by atoms with Crippen LogP contribution in [0.5, 0.6) is 0 Å². The SMILES string of the molecule is Cc1ccsc1-c1sccc1-c1cc(-c2ccccc2)sc1C. The zero-order valence-electron chi connectivity index (χ0n) is 13.0. The fraction of sp³-hybridized carbons (Fsp3) is 0.100.